The Morgan fingerprint density at radius 2 is 1.06 bits per heavy atom. The number of nitrogens with two attached hydrogens (primary N) is 1. The lowest BCUT2D eigenvalue weighted by Crippen LogP contribution is -2.22. The van der Waals surface area contributed by atoms with Gasteiger partial charge in [0.05, 0.1) is 68.1 Å². The third-order valence-corrected chi connectivity index (χ3v) is 16.0. The lowest BCUT2D eigenvalue weighted by atomic mass is 10.0. The van der Waals surface area contributed by atoms with Crippen molar-refractivity contribution in [1.29, 1.82) is 0 Å². The van der Waals surface area contributed by atoms with Crippen LogP contribution in [-0.2, 0) is 84.2 Å². The van der Waals surface area contributed by atoms with Gasteiger partial charge in [0.1, 0.15) is 24.5 Å². The number of carbonyl (C=O) groups excluding carboxylic acids is 1. The molecule has 2 aromatic carbocycles. The van der Waals surface area contributed by atoms with Crippen LogP contribution in [0.5, 0.6) is 0 Å². The molecule has 2 fully saturated rings. The van der Waals surface area contributed by atoms with E-state index in [-0.39, 0.29) is 0 Å². The summed E-state index contributed by atoms with van der Waals surface area (Å²) in [5.41, 5.74) is 19.3. The van der Waals surface area contributed by atoms with Crippen LogP contribution in [0.3, 0.4) is 0 Å². The Labute approximate surface area is 403 Å². The van der Waals surface area contributed by atoms with Crippen LogP contribution in [0.15, 0.2) is 60.9 Å². The molecule has 0 saturated carbocycles. The molecule has 6 heterocycles. The quantitative estimate of drug-likeness (QED) is 0.0423. The standard InChI is InChI=1S/C26H36N4O4Si.C25H36N4O3Si/c1-6-22-23-25(28-16-21(29-23)15-27-17-31)30(18-32-13-14-35(3,4)5)24(22)19-7-9-20(10-8-19)26(2)33-11-12-34-26;1-6-21-22-24(27-16-20(15-26)28-22)29(17-30-13-14-33(3,4)5)23(21)18-7-9-19(10-8-18)25(2)31-11-12-32-25/h7-10,16-17H,6,11-15,18H2,1-5H3,(H,27,31);7-10,16H,6,11-15,17,26H2,1-5H3. The molecule has 8 rings (SSSR count). The van der Waals surface area contributed by atoms with E-state index >= 15 is 0 Å². The lowest BCUT2D eigenvalue weighted by Gasteiger charge is -2.23. The molecule has 4 aromatic heterocycles. The van der Waals surface area contributed by atoms with Crippen molar-refractivity contribution in [1.82, 2.24) is 34.4 Å². The molecule has 15 nitrogen and oxygen atoms in total. The average Bonchev–Trinajstić information content (AvgIpc) is 4.12. The van der Waals surface area contributed by atoms with Crippen molar-refractivity contribution in [2.75, 3.05) is 39.6 Å². The minimum atomic E-state index is -1.20. The van der Waals surface area contributed by atoms with Crippen molar-refractivity contribution >= 4 is 44.9 Å². The minimum absolute atomic E-state index is 0.343. The van der Waals surface area contributed by atoms with Gasteiger partial charge >= 0.3 is 0 Å². The second kappa shape index (κ2) is 21.9. The molecule has 366 valence electrons. The molecular formula is C51H72N8O7Si2. The fourth-order valence-electron chi connectivity index (χ4n) is 8.60. The smallest absolute Gasteiger partial charge is 0.207 e. The molecule has 6 aromatic rings. The van der Waals surface area contributed by atoms with Gasteiger partial charge in [-0.3, -0.25) is 13.9 Å². The topological polar surface area (TPSA) is 172 Å². The monoisotopic (exact) mass is 965 g/mol. The van der Waals surface area contributed by atoms with Gasteiger partial charge < -0.3 is 39.5 Å². The van der Waals surface area contributed by atoms with Crippen LogP contribution in [0.1, 0.15) is 61.3 Å². The van der Waals surface area contributed by atoms with E-state index in [9.17, 15) is 4.79 Å². The van der Waals surface area contributed by atoms with Gasteiger partial charge in [-0.1, -0.05) is 102 Å². The number of nitrogens with zero attached hydrogens (tertiary/aromatic N) is 6. The van der Waals surface area contributed by atoms with Gasteiger partial charge in [-0.2, -0.15) is 0 Å². The predicted octanol–water partition coefficient (Wildman–Crippen LogP) is 9.09. The Balaban J connectivity index is 0.000000202. The van der Waals surface area contributed by atoms with Gasteiger partial charge in [-0.25, -0.2) is 19.9 Å². The first-order chi connectivity index (χ1) is 32.5. The van der Waals surface area contributed by atoms with Crippen molar-refractivity contribution < 1.29 is 33.2 Å². The SMILES string of the molecule is CCc1c(-c2ccc(C3(C)OCCO3)cc2)n(COCC[Si](C)(C)C)c2ncc(CN)nc12.CCc1c(-c2ccc(C3(C)OCCO3)cc2)n(COCC[Si](C)(C)C)c2ncc(CNC=O)nc12. The summed E-state index contributed by atoms with van der Waals surface area (Å²) in [7, 11) is -2.36. The van der Waals surface area contributed by atoms with Gasteiger partial charge in [0.15, 0.2) is 22.9 Å². The molecule has 0 bridgehead atoms. The van der Waals surface area contributed by atoms with Gasteiger partial charge in [0.25, 0.3) is 0 Å². The summed E-state index contributed by atoms with van der Waals surface area (Å²) in [6.07, 6.45) is 5.79. The second-order valence-corrected chi connectivity index (χ2v) is 31.4. The van der Waals surface area contributed by atoms with Crippen molar-refractivity contribution in [3.05, 3.63) is 94.6 Å². The van der Waals surface area contributed by atoms with Crippen molar-refractivity contribution in [2.24, 2.45) is 5.73 Å². The molecule has 0 atom stereocenters. The van der Waals surface area contributed by atoms with Gasteiger partial charge in [-0.05, 0) is 49.9 Å². The Kier molecular flexibility index (Phi) is 16.5. The van der Waals surface area contributed by atoms with E-state index in [0.717, 1.165) is 117 Å². The first-order valence-corrected chi connectivity index (χ1v) is 31.5. The number of aromatic nitrogens is 6. The molecule has 0 aliphatic carbocycles. The van der Waals surface area contributed by atoms with E-state index in [2.05, 4.69) is 116 Å². The zero-order valence-corrected chi connectivity index (χ0v) is 43.9. The number of amides is 1. The van der Waals surface area contributed by atoms with Crippen LogP contribution in [0, 0.1) is 0 Å². The minimum Gasteiger partial charge on any atom is -0.361 e. The molecular weight excluding hydrogens is 893 g/mol. The number of carbonyl (C=O) groups is 1. The molecule has 0 unspecified atom stereocenters. The molecule has 0 spiro atoms. The Morgan fingerprint density at radius 3 is 1.43 bits per heavy atom. The summed E-state index contributed by atoms with van der Waals surface area (Å²) in [4.78, 5) is 29.9. The Hall–Kier alpha value is -4.70. The summed E-state index contributed by atoms with van der Waals surface area (Å²) < 4.78 is 39.9. The third kappa shape index (κ3) is 11.8. The highest BCUT2D eigenvalue weighted by Gasteiger charge is 2.34. The maximum Gasteiger partial charge on any atom is 0.207 e. The molecule has 0 radical (unpaired) electrons. The van der Waals surface area contributed by atoms with E-state index in [1.54, 1.807) is 12.4 Å². The highest BCUT2D eigenvalue weighted by molar-refractivity contribution is 6.76. The zero-order valence-electron chi connectivity index (χ0n) is 41.9. The number of benzene rings is 2. The van der Waals surface area contributed by atoms with E-state index < -0.39 is 27.7 Å². The zero-order chi connectivity index (χ0) is 48.7. The average molecular weight is 965 g/mol. The molecule has 1 amide bonds. The number of nitrogens with one attached hydrogen (secondary N) is 1. The van der Waals surface area contributed by atoms with Crippen LogP contribution in [0.4, 0.5) is 0 Å². The van der Waals surface area contributed by atoms with E-state index in [1.807, 2.05) is 13.8 Å². The van der Waals surface area contributed by atoms with Gasteiger partial charge in [0.2, 0.25) is 6.41 Å². The van der Waals surface area contributed by atoms with Crippen molar-refractivity contribution in [2.45, 2.75) is 130 Å². The molecule has 3 N–H and O–H groups in total. The van der Waals surface area contributed by atoms with E-state index in [4.69, 9.17) is 54.1 Å². The second-order valence-electron chi connectivity index (χ2n) is 20.1. The highest BCUT2D eigenvalue weighted by Crippen LogP contribution is 2.38. The molecule has 2 saturated heterocycles. The lowest BCUT2D eigenvalue weighted by molar-refractivity contribution is -0.150. The largest absolute Gasteiger partial charge is 0.361 e. The van der Waals surface area contributed by atoms with Crippen LogP contribution in [0.25, 0.3) is 44.8 Å². The van der Waals surface area contributed by atoms with Gasteiger partial charge in [0, 0.05) is 58.2 Å². The van der Waals surface area contributed by atoms with E-state index in [1.165, 1.54) is 0 Å². The third-order valence-electron chi connectivity index (χ3n) is 12.6. The molecule has 68 heavy (non-hydrogen) atoms. The van der Waals surface area contributed by atoms with Crippen LogP contribution < -0.4 is 11.1 Å². The molecule has 2 aliphatic heterocycles. The Morgan fingerprint density at radius 1 is 0.662 bits per heavy atom. The summed E-state index contributed by atoms with van der Waals surface area (Å²) in [5, 5.41) is 2.68. The normalized spacial score (nSPS) is 15.8. The van der Waals surface area contributed by atoms with Gasteiger partial charge in [-0.15, -0.1) is 0 Å². The van der Waals surface area contributed by atoms with Crippen LogP contribution in [0.2, 0.25) is 51.4 Å². The summed E-state index contributed by atoms with van der Waals surface area (Å²) in [6.45, 7) is 27.8. The highest BCUT2D eigenvalue weighted by atomic mass is 28.3. The van der Waals surface area contributed by atoms with Crippen molar-refractivity contribution in [3.8, 4) is 22.5 Å². The van der Waals surface area contributed by atoms with Crippen molar-refractivity contribution in [3.63, 3.8) is 0 Å². The number of hydrogen-bond donors (Lipinski definition) is 2. The summed E-state index contributed by atoms with van der Waals surface area (Å²) in [6, 6.07) is 19.0. The molecule has 17 heteroatoms. The van der Waals surface area contributed by atoms with Crippen LogP contribution in [-0.4, -0.2) is 91.3 Å². The number of hydrogen-bond acceptors (Lipinski definition) is 12. The number of rotatable bonds is 20. The summed E-state index contributed by atoms with van der Waals surface area (Å²) in [5.74, 6) is -1.39. The summed E-state index contributed by atoms with van der Waals surface area (Å²) >= 11 is 0. The first-order valence-electron chi connectivity index (χ1n) is 24.1. The Bertz CT molecular complexity index is 2630. The maximum atomic E-state index is 10.8. The fourth-order valence-corrected chi connectivity index (χ4v) is 10.1. The number of aryl methyl sites for hydroxylation is 2. The first kappa shape index (κ1) is 51.2. The fraction of sp³-hybridized carbons (Fsp3) is 0.510. The number of ether oxygens (including phenoxy) is 6. The maximum absolute atomic E-state index is 10.8. The van der Waals surface area contributed by atoms with E-state index in [0.29, 0.717) is 59.4 Å². The molecule has 2 aliphatic rings. The van der Waals surface area contributed by atoms with Crippen LogP contribution >= 0.6 is 0 Å². The predicted molar refractivity (Wildman–Crippen MR) is 272 cm³/mol. The number of fused-ring (bicyclic) bond motifs is 2.